The molecular formula is C19H19FN2O3S. The minimum atomic E-state index is -4.07. The number of hydrogen-bond acceptors (Lipinski definition) is 3. The molecule has 3 rings (SSSR count). The van der Waals surface area contributed by atoms with Crippen LogP contribution in [-0.2, 0) is 16.4 Å². The Labute approximate surface area is 152 Å². The van der Waals surface area contributed by atoms with Gasteiger partial charge in [-0.15, -0.1) is 6.58 Å². The molecule has 1 unspecified atom stereocenters. The fourth-order valence-electron chi connectivity index (χ4n) is 3.10. The quantitative estimate of drug-likeness (QED) is 0.819. The van der Waals surface area contributed by atoms with Gasteiger partial charge in [0.15, 0.2) is 0 Å². The number of benzene rings is 2. The number of para-hydroxylation sites is 1. The summed E-state index contributed by atoms with van der Waals surface area (Å²) in [5.41, 5.74) is 1.97. The highest BCUT2D eigenvalue weighted by atomic mass is 32.2. The van der Waals surface area contributed by atoms with E-state index >= 15 is 0 Å². The second kappa shape index (κ2) is 7.01. The van der Waals surface area contributed by atoms with Crippen molar-refractivity contribution in [2.75, 3.05) is 11.4 Å². The first-order valence-corrected chi connectivity index (χ1v) is 9.65. The molecule has 0 radical (unpaired) electrons. The van der Waals surface area contributed by atoms with E-state index in [9.17, 15) is 17.6 Å². The summed E-state index contributed by atoms with van der Waals surface area (Å²) in [7, 11) is -4.07. The topological polar surface area (TPSA) is 66.5 Å². The molecule has 0 spiro atoms. The third kappa shape index (κ3) is 3.27. The van der Waals surface area contributed by atoms with Gasteiger partial charge in [-0.25, -0.2) is 17.5 Å². The lowest BCUT2D eigenvalue weighted by molar-refractivity contribution is 0.0981. The van der Waals surface area contributed by atoms with Crippen LogP contribution in [0.5, 0.6) is 0 Å². The summed E-state index contributed by atoms with van der Waals surface area (Å²) >= 11 is 0. The highest BCUT2D eigenvalue weighted by Gasteiger charge is 2.32. The van der Waals surface area contributed by atoms with Crippen molar-refractivity contribution in [1.29, 1.82) is 0 Å². The van der Waals surface area contributed by atoms with Crippen LogP contribution in [0.25, 0.3) is 0 Å². The van der Waals surface area contributed by atoms with Crippen molar-refractivity contribution in [3.8, 4) is 0 Å². The average molecular weight is 374 g/mol. The van der Waals surface area contributed by atoms with Crippen LogP contribution in [-0.4, -0.2) is 26.9 Å². The third-order valence-electron chi connectivity index (χ3n) is 4.31. The maximum atomic E-state index is 14.1. The zero-order chi connectivity index (χ0) is 18.9. The number of fused-ring (bicyclic) bond motifs is 1. The Morgan fingerprint density at radius 1 is 1.35 bits per heavy atom. The van der Waals surface area contributed by atoms with Crippen molar-refractivity contribution in [2.45, 2.75) is 24.3 Å². The van der Waals surface area contributed by atoms with Crippen LogP contribution in [0.2, 0.25) is 0 Å². The van der Waals surface area contributed by atoms with Gasteiger partial charge in [0.2, 0.25) is 10.0 Å². The maximum absolute atomic E-state index is 14.1. The van der Waals surface area contributed by atoms with Gasteiger partial charge >= 0.3 is 0 Å². The summed E-state index contributed by atoms with van der Waals surface area (Å²) in [5.74, 6) is -1.27. The van der Waals surface area contributed by atoms with Gasteiger partial charge in [0.1, 0.15) is 10.7 Å². The molecule has 0 aromatic heterocycles. The lowest BCUT2D eigenvalue weighted by Crippen LogP contribution is -2.36. The predicted octanol–water partition coefficient (Wildman–Crippen LogP) is 2.88. The maximum Gasteiger partial charge on any atom is 0.258 e. The van der Waals surface area contributed by atoms with Crippen LogP contribution in [0, 0.1) is 5.82 Å². The summed E-state index contributed by atoms with van der Waals surface area (Å²) < 4.78 is 40.8. The number of carbonyl (C=O) groups is 1. The third-order valence-corrected chi connectivity index (χ3v) is 5.75. The summed E-state index contributed by atoms with van der Waals surface area (Å²) in [6.07, 6.45) is 2.07. The van der Waals surface area contributed by atoms with E-state index in [2.05, 4.69) is 11.3 Å². The molecule has 0 saturated carbocycles. The number of halogens is 1. The fourth-order valence-corrected chi connectivity index (χ4v) is 4.20. The number of nitrogens with zero attached hydrogens (tertiary/aromatic N) is 1. The molecule has 7 heteroatoms. The Balaban J connectivity index is 1.99. The molecule has 5 nitrogen and oxygen atoms in total. The van der Waals surface area contributed by atoms with Gasteiger partial charge in [0.05, 0.1) is 0 Å². The van der Waals surface area contributed by atoms with Gasteiger partial charge in [-0.2, -0.15) is 0 Å². The first-order valence-electron chi connectivity index (χ1n) is 8.16. The largest absolute Gasteiger partial charge is 0.305 e. The zero-order valence-electron chi connectivity index (χ0n) is 14.3. The van der Waals surface area contributed by atoms with E-state index in [-0.39, 0.29) is 24.1 Å². The van der Waals surface area contributed by atoms with Crippen LogP contribution in [0.3, 0.4) is 0 Å². The van der Waals surface area contributed by atoms with Crippen molar-refractivity contribution in [1.82, 2.24) is 4.72 Å². The van der Waals surface area contributed by atoms with Gasteiger partial charge in [-0.1, -0.05) is 24.3 Å². The van der Waals surface area contributed by atoms with E-state index in [1.807, 2.05) is 31.2 Å². The van der Waals surface area contributed by atoms with Gasteiger partial charge in [-0.05, 0) is 43.2 Å². The molecular weight excluding hydrogens is 355 g/mol. The van der Waals surface area contributed by atoms with E-state index < -0.39 is 20.7 Å². The second-order valence-corrected chi connectivity index (χ2v) is 7.88. The Morgan fingerprint density at radius 2 is 2.08 bits per heavy atom. The standard InChI is InChI=1S/C19H19FN2O3S/c1-3-10-21-26(24,25)18-12-15(8-9-16(18)20)19(23)22-13(2)11-14-6-4-5-7-17(14)22/h3-9,12-13,21H,1,10-11H2,2H3. The SMILES string of the molecule is C=CCNS(=O)(=O)c1cc(C(=O)N2c3ccccc3CC2C)ccc1F. The molecule has 0 aliphatic carbocycles. The summed E-state index contributed by atoms with van der Waals surface area (Å²) in [6.45, 7) is 5.32. The van der Waals surface area contributed by atoms with Crippen LogP contribution in [0.1, 0.15) is 22.8 Å². The number of hydrogen-bond donors (Lipinski definition) is 1. The minimum Gasteiger partial charge on any atom is -0.305 e. The molecule has 1 aliphatic heterocycles. The Kier molecular flexibility index (Phi) is 4.93. The molecule has 1 atom stereocenters. The Bertz CT molecular complexity index is 972. The number of nitrogens with one attached hydrogen (secondary N) is 1. The second-order valence-electron chi connectivity index (χ2n) is 6.14. The summed E-state index contributed by atoms with van der Waals surface area (Å²) in [6, 6.07) is 10.9. The zero-order valence-corrected chi connectivity index (χ0v) is 15.1. The minimum absolute atomic E-state index is 0.0313. The van der Waals surface area contributed by atoms with Gasteiger partial charge in [-0.3, -0.25) is 4.79 Å². The Hall–Kier alpha value is -2.51. The summed E-state index contributed by atoms with van der Waals surface area (Å²) in [4.78, 5) is 14.1. The lowest BCUT2D eigenvalue weighted by Gasteiger charge is -2.23. The molecule has 1 amide bonds. The Morgan fingerprint density at radius 3 is 2.81 bits per heavy atom. The normalized spacial score (nSPS) is 16.4. The van der Waals surface area contributed by atoms with Crippen molar-refractivity contribution < 1.29 is 17.6 Å². The molecule has 1 aliphatic rings. The monoisotopic (exact) mass is 374 g/mol. The van der Waals surface area contributed by atoms with E-state index in [0.717, 1.165) is 29.8 Å². The molecule has 1 N–H and O–H groups in total. The molecule has 2 aromatic carbocycles. The van der Waals surface area contributed by atoms with E-state index in [4.69, 9.17) is 0 Å². The van der Waals surface area contributed by atoms with Gasteiger partial charge < -0.3 is 4.90 Å². The van der Waals surface area contributed by atoms with Crippen molar-refractivity contribution in [2.24, 2.45) is 0 Å². The highest BCUT2D eigenvalue weighted by Crippen LogP contribution is 2.33. The van der Waals surface area contributed by atoms with Crippen LogP contribution in [0.4, 0.5) is 10.1 Å². The van der Waals surface area contributed by atoms with Crippen LogP contribution < -0.4 is 9.62 Å². The van der Waals surface area contributed by atoms with Crippen molar-refractivity contribution in [3.63, 3.8) is 0 Å². The van der Waals surface area contributed by atoms with Gasteiger partial charge in [0, 0.05) is 23.8 Å². The van der Waals surface area contributed by atoms with Crippen molar-refractivity contribution >= 4 is 21.6 Å². The van der Waals surface area contributed by atoms with E-state index in [1.165, 1.54) is 12.1 Å². The van der Waals surface area contributed by atoms with E-state index in [0.29, 0.717) is 0 Å². The number of rotatable bonds is 5. The number of amides is 1. The molecule has 0 saturated heterocycles. The predicted molar refractivity (Wildman–Crippen MR) is 98.2 cm³/mol. The molecule has 0 bridgehead atoms. The molecule has 136 valence electrons. The number of carbonyl (C=O) groups excluding carboxylic acids is 1. The molecule has 1 heterocycles. The van der Waals surface area contributed by atoms with E-state index in [1.54, 1.807) is 4.90 Å². The molecule has 26 heavy (non-hydrogen) atoms. The number of anilines is 1. The highest BCUT2D eigenvalue weighted by molar-refractivity contribution is 7.89. The fraction of sp³-hybridized carbons (Fsp3) is 0.211. The average Bonchev–Trinajstić information content (AvgIpc) is 2.95. The van der Waals surface area contributed by atoms with Crippen LogP contribution >= 0.6 is 0 Å². The smallest absolute Gasteiger partial charge is 0.258 e. The molecule has 0 fully saturated rings. The van der Waals surface area contributed by atoms with Crippen LogP contribution in [0.15, 0.2) is 60.0 Å². The van der Waals surface area contributed by atoms with Crippen molar-refractivity contribution in [3.05, 3.63) is 72.1 Å². The first-order chi connectivity index (χ1) is 12.3. The summed E-state index contributed by atoms with van der Waals surface area (Å²) in [5, 5.41) is 0. The molecule has 2 aromatic rings. The first kappa shape index (κ1) is 18.3. The number of sulfonamides is 1. The van der Waals surface area contributed by atoms with Gasteiger partial charge in [0.25, 0.3) is 5.91 Å². The lowest BCUT2D eigenvalue weighted by atomic mass is 10.1.